The van der Waals surface area contributed by atoms with E-state index in [0.29, 0.717) is 11.8 Å². The lowest BCUT2D eigenvalue weighted by Crippen LogP contribution is -2.52. The first-order valence-electron chi connectivity index (χ1n) is 11.8. The molecule has 0 bridgehead atoms. The Labute approximate surface area is 177 Å². The number of nitrogens with one attached hydrogen (secondary N) is 1. The van der Waals surface area contributed by atoms with Crippen molar-refractivity contribution in [1.82, 2.24) is 24.9 Å². The normalized spacial score (nSPS) is 24.3. The Hall–Kier alpha value is -1.34. The van der Waals surface area contributed by atoms with Gasteiger partial charge < -0.3 is 20.0 Å². The summed E-state index contributed by atoms with van der Waals surface area (Å²) >= 11 is 0. The van der Waals surface area contributed by atoms with Gasteiger partial charge in [-0.15, -0.1) is 0 Å². The van der Waals surface area contributed by atoms with E-state index in [2.05, 4.69) is 43.8 Å². The molecular formula is C22H42N6O. The number of carbonyl (C=O) groups is 1. The molecule has 0 aromatic rings. The number of likely N-dealkylation sites (tertiary alicyclic amines) is 1. The minimum Gasteiger partial charge on any atom is -0.355 e. The van der Waals surface area contributed by atoms with Crippen molar-refractivity contribution in [2.24, 2.45) is 16.8 Å². The van der Waals surface area contributed by atoms with E-state index in [9.17, 15) is 4.79 Å². The van der Waals surface area contributed by atoms with E-state index in [1.807, 2.05) is 7.05 Å². The average molecular weight is 407 g/mol. The van der Waals surface area contributed by atoms with Gasteiger partial charge in [-0.25, -0.2) is 0 Å². The molecule has 1 saturated carbocycles. The van der Waals surface area contributed by atoms with Gasteiger partial charge in [-0.05, 0) is 38.3 Å². The summed E-state index contributed by atoms with van der Waals surface area (Å²) < 4.78 is 0. The summed E-state index contributed by atoms with van der Waals surface area (Å²) in [7, 11) is 1.89. The fourth-order valence-electron chi connectivity index (χ4n) is 4.78. The van der Waals surface area contributed by atoms with Crippen molar-refractivity contribution in [1.29, 1.82) is 0 Å². The van der Waals surface area contributed by atoms with Crippen LogP contribution in [0.2, 0.25) is 0 Å². The highest BCUT2D eigenvalue weighted by atomic mass is 16.2. The van der Waals surface area contributed by atoms with Crippen molar-refractivity contribution in [2.75, 3.05) is 79.0 Å². The van der Waals surface area contributed by atoms with Crippen LogP contribution in [-0.2, 0) is 4.79 Å². The van der Waals surface area contributed by atoms with Crippen molar-refractivity contribution in [3.05, 3.63) is 0 Å². The molecule has 29 heavy (non-hydrogen) atoms. The van der Waals surface area contributed by atoms with Gasteiger partial charge in [0.15, 0.2) is 5.96 Å². The summed E-state index contributed by atoms with van der Waals surface area (Å²) in [5.74, 6) is 2.53. The van der Waals surface area contributed by atoms with Gasteiger partial charge in [0.25, 0.3) is 0 Å². The first-order chi connectivity index (χ1) is 14.1. The largest absolute Gasteiger partial charge is 0.355 e. The van der Waals surface area contributed by atoms with Gasteiger partial charge >= 0.3 is 0 Å². The molecule has 3 fully saturated rings. The molecule has 0 aromatic carbocycles. The van der Waals surface area contributed by atoms with Crippen molar-refractivity contribution in [3.63, 3.8) is 0 Å². The summed E-state index contributed by atoms with van der Waals surface area (Å²) in [6.45, 7) is 15.9. The molecule has 7 nitrogen and oxygen atoms in total. The Morgan fingerprint density at radius 3 is 2.34 bits per heavy atom. The second-order valence-corrected chi connectivity index (χ2v) is 8.86. The van der Waals surface area contributed by atoms with Crippen LogP contribution in [0.5, 0.6) is 0 Å². The molecule has 3 aliphatic rings. The zero-order valence-corrected chi connectivity index (χ0v) is 18.9. The van der Waals surface area contributed by atoms with Crippen LogP contribution >= 0.6 is 0 Å². The molecule has 0 spiro atoms. The van der Waals surface area contributed by atoms with Gasteiger partial charge in [0, 0.05) is 71.9 Å². The van der Waals surface area contributed by atoms with Crippen LogP contribution in [0.25, 0.3) is 0 Å². The van der Waals surface area contributed by atoms with Gasteiger partial charge in [-0.2, -0.15) is 0 Å². The van der Waals surface area contributed by atoms with E-state index in [1.54, 1.807) is 0 Å². The number of hydrogen-bond donors (Lipinski definition) is 1. The van der Waals surface area contributed by atoms with E-state index < -0.39 is 0 Å². The Bertz CT molecular complexity index is 537. The van der Waals surface area contributed by atoms with Gasteiger partial charge in [-0.3, -0.25) is 14.7 Å². The fraction of sp³-hybridized carbons (Fsp3) is 0.909. The maximum Gasteiger partial charge on any atom is 0.225 e. The van der Waals surface area contributed by atoms with E-state index in [-0.39, 0.29) is 0 Å². The lowest BCUT2D eigenvalue weighted by molar-refractivity contribution is -0.139. The maximum absolute atomic E-state index is 12.4. The van der Waals surface area contributed by atoms with E-state index in [4.69, 9.17) is 0 Å². The summed E-state index contributed by atoms with van der Waals surface area (Å²) in [6, 6.07) is 0. The summed E-state index contributed by atoms with van der Waals surface area (Å²) in [5, 5.41) is 3.57. The smallest absolute Gasteiger partial charge is 0.225 e. The zero-order chi connectivity index (χ0) is 20.6. The van der Waals surface area contributed by atoms with Crippen LogP contribution in [0.3, 0.4) is 0 Å². The molecule has 3 rings (SSSR count). The first kappa shape index (κ1) is 22.3. The molecule has 1 aliphatic carbocycles. The highest BCUT2D eigenvalue weighted by molar-refractivity contribution is 5.80. The van der Waals surface area contributed by atoms with Crippen LogP contribution in [0.15, 0.2) is 4.99 Å². The Balaban J connectivity index is 1.33. The number of aliphatic imine (C=N–C) groups is 1. The molecule has 1 N–H and O–H groups in total. The number of rotatable bonds is 8. The van der Waals surface area contributed by atoms with Crippen molar-refractivity contribution >= 4 is 11.9 Å². The third-order valence-corrected chi connectivity index (χ3v) is 7.06. The molecule has 7 heteroatoms. The molecular weight excluding hydrogens is 364 g/mol. The van der Waals surface area contributed by atoms with Crippen molar-refractivity contribution in [2.45, 2.75) is 39.5 Å². The monoisotopic (exact) mass is 406 g/mol. The number of carbonyl (C=O) groups excluding carboxylic acids is 1. The van der Waals surface area contributed by atoms with Gasteiger partial charge in [0.1, 0.15) is 0 Å². The first-order valence-corrected chi connectivity index (χ1v) is 11.8. The number of amides is 1. The van der Waals surface area contributed by atoms with Gasteiger partial charge in [0.2, 0.25) is 5.91 Å². The van der Waals surface area contributed by atoms with Crippen LogP contribution in [0.4, 0.5) is 0 Å². The van der Waals surface area contributed by atoms with Crippen LogP contribution in [0.1, 0.15) is 39.5 Å². The molecule has 2 aliphatic heterocycles. The molecule has 2 heterocycles. The highest BCUT2D eigenvalue weighted by Crippen LogP contribution is 2.28. The van der Waals surface area contributed by atoms with Crippen LogP contribution in [-0.4, -0.2) is 111 Å². The molecule has 0 aromatic heterocycles. The highest BCUT2D eigenvalue weighted by Gasteiger charge is 2.31. The zero-order valence-electron chi connectivity index (χ0n) is 18.9. The fourth-order valence-corrected chi connectivity index (χ4v) is 4.78. The number of guanidine groups is 1. The summed E-state index contributed by atoms with van der Waals surface area (Å²) in [5.41, 5.74) is 0. The predicted molar refractivity (Wildman–Crippen MR) is 119 cm³/mol. The Morgan fingerprint density at radius 2 is 1.76 bits per heavy atom. The molecule has 1 unspecified atom stereocenters. The molecule has 0 radical (unpaired) electrons. The second kappa shape index (κ2) is 11.2. The Morgan fingerprint density at radius 1 is 1.03 bits per heavy atom. The molecule has 1 amide bonds. The quantitative estimate of drug-likeness (QED) is 0.484. The lowest BCUT2D eigenvalue weighted by Gasteiger charge is -2.38. The minimum atomic E-state index is 0.331. The van der Waals surface area contributed by atoms with Gasteiger partial charge in [0.05, 0.1) is 0 Å². The molecule has 2 saturated heterocycles. The third kappa shape index (κ3) is 6.07. The van der Waals surface area contributed by atoms with Crippen molar-refractivity contribution < 1.29 is 4.79 Å². The van der Waals surface area contributed by atoms with Crippen LogP contribution in [0, 0.1) is 11.8 Å². The Kier molecular flexibility index (Phi) is 8.60. The second-order valence-electron chi connectivity index (χ2n) is 8.86. The maximum atomic E-state index is 12.4. The van der Waals surface area contributed by atoms with E-state index in [1.165, 1.54) is 19.4 Å². The summed E-state index contributed by atoms with van der Waals surface area (Å²) in [6.07, 6.45) is 4.70. The number of nitrogens with zero attached hydrogens (tertiary/aromatic N) is 5. The van der Waals surface area contributed by atoms with Crippen molar-refractivity contribution in [3.8, 4) is 0 Å². The van der Waals surface area contributed by atoms with E-state index in [0.717, 1.165) is 90.2 Å². The SMILES string of the molecule is CCN(CC)CC1CCN(C(=NC)NCCN2CCN(C(=O)C3CCC3)CC2)C1. The lowest BCUT2D eigenvalue weighted by atomic mass is 9.84. The third-order valence-electron chi connectivity index (χ3n) is 7.06. The summed E-state index contributed by atoms with van der Waals surface area (Å²) in [4.78, 5) is 26.4. The topological polar surface area (TPSA) is 54.4 Å². The van der Waals surface area contributed by atoms with E-state index >= 15 is 0 Å². The predicted octanol–water partition coefficient (Wildman–Crippen LogP) is 1.17. The molecule has 1 atom stereocenters. The molecule has 166 valence electrons. The standard InChI is InChI=1S/C22H42N6O/c1-4-25(5-2)17-19-9-11-28(18-19)22(23-3)24-10-12-26-13-15-27(16-14-26)21(29)20-7-6-8-20/h19-20H,4-18H2,1-3H3,(H,23,24). The number of piperazine rings is 1. The van der Waals surface area contributed by atoms with Gasteiger partial charge in [-0.1, -0.05) is 20.3 Å². The van der Waals surface area contributed by atoms with Crippen LogP contribution < -0.4 is 5.32 Å². The average Bonchev–Trinajstić information content (AvgIpc) is 3.17. The number of hydrogen-bond acceptors (Lipinski definition) is 4. The minimum absolute atomic E-state index is 0.331.